The standard InChI is InChI=1S/C5H4FNO3S/c6-11(8,9)10-5-1-3-7-4-2-5/h1-4H. The van der Waals surface area contributed by atoms with Gasteiger partial charge in [0.05, 0.1) is 0 Å². The molecule has 60 valence electrons. The van der Waals surface area contributed by atoms with E-state index in [0.29, 0.717) is 0 Å². The smallest absolute Gasteiger partial charge is 0.358 e. The van der Waals surface area contributed by atoms with E-state index in [1.54, 1.807) is 0 Å². The predicted molar refractivity (Wildman–Crippen MR) is 34.9 cm³/mol. The van der Waals surface area contributed by atoms with Gasteiger partial charge in [0.1, 0.15) is 5.75 Å². The molecule has 0 aromatic carbocycles. The summed E-state index contributed by atoms with van der Waals surface area (Å²) in [5.41, 5.74) is 0. The van der Waals surface area contributed by atoms with Crippen LogP contribution >= 0.6 is 0 Å². The Bertz CT molecular complexity index is 323. The van der Waals surface area contributed by atoms with Crippen molar-refractivity contribution in [2.75, 3.05) is 0 Å². The third-order valence-electron chi connectivity index (χ3n) is 0.846. The van der Waals surface area contributed by atoms with Gasteiger partial charge in [0.25, 0.3) is 0 Å². The van der Waals surface area contributed by atoms with E-state index in [1.807, 2.05) is 0 Å². The Kier molecular flexibility index (Phi) is 2.04. The van der Waals surface area contributed by atoms with Gasteiger partial charge in [-0.3, -0.25) is 4.98 Å². The maximum Gasteiger partial charge on any atom is 0.488 e. The lowest BCUT2D eigenvalue weighted by molar-refractivity contribution is 0.440. The van der Waals surface area contributed by atoms with Crippen molar-refractivity contribution in [3.8, 4) is 5.75 Å². The van der Waals surface area contributed by atoms with Crippen molar-refractivity contribution < 1.29 is 16.5 Å². The number of nitrogens with zero attached hydrogens (tertiary/aromatic N) is 1. The van der Waals surface area contributed by atoms with Crippen molar-refractivity contribution >= 4 is 10.5 Å². The minimum Gasteiger partial charge on any atom is -0.358 e. The summed E-state index contributed by atoms with van der Waals surface area (Å²) in [6, 6.07) is 2.47. The van der Waals surface area contributed by atoms with Crippen LogP contribution in [0.1, 0.15) is 0 Å². The molecule has 1 rings (SSSR count). The van der Waals surface area contributed by atoms with Crippen LogP contribution < -0.4 is 4.18 Å². The van der Waals surface area contributed by atoms with E-state index < -0.39 is 10.5 Å². The molecule has 0 saturated carbocycles. The largest absolute Gasteiger partial charge is 0.488 e. The maximum absolute atomic E-state index is 11.8. The molecule has 0 bridgehead atoms. The highest BCUT2D eigenvalue weighted by Crippen LogP contribution is 2.10. The van der Waals surface area contributed by atoms with Crippen LogP contribution in [0.2, 0.25) is 0 Å². The fraction of sp³-hybridized carbons (Fsp3) is 0. The number of aromatic nitrogens is 1. The van der Waals surface area contributed by atoms with Gasteiger partial charge in [-0.25, -0.2) is 0 Å². The molecule has 11 heavy (non-hydrogen) atoms. The predicted octanol–water partition coefficient (Wildman–Crippen LogP) is 0.675. The first-order chi connectivity index (χ1) is 5.08. The number of rotatable bonds is 2. The average Bonchev–Trinajstić information content (AvgIpc) is 1.85. The summed E-state index contributed by atoms with van der Waals surface area (Å²) in [4.78, 5) is 3.58. The minimum absolute atomic E-state index is 0.0949. The van der Waals surface area contributed by atoms with Gasteiger partial charge in [-0.1, -0.05) is 3.89 Å². The van der Waals surface area contributed by atoms with E-state index in [9.17, 15) is 12.3 Å². The van der Waals surface area contributed by atoms with Crippen LogP contribution in [0.15, 0.2) is 24.5 Å². The molecule has 6 heteroatoms. The highest BCUT2D eigenvalue weighted by Gasteiger charge is 2.07. The van der Waals surface area contributed by atoms with Crippen LogP contribution in [-0.2, 0) is 10.5 Å². The lowest BCUT2D eigenvalue weighted by atomic mass is 10.5. The second kappa shape index (κ2) is 2.83. The Hall–Kier alpha value is -1.17. The molecule has 0 radical (unpaired) electrons. The molecule has 0 saturated heterocycles. The van der Waals surface area contributed by atoms with Gasteiger partial charge in [0.2, 0.25) is 0 Å². The SMILES string of the molecule is O=S(=O)(F)Oc1ccncc1. The first-order valence-corrected chi connectivity index (χ1v) is 3.93. The molecule has 0 aliphatic carbocycles. The van der Waals surface area contributed by atoms with E-state index in [2.05, 4.69) is 9.17 Å². The summed E-state index contributed by atoms with van der Waals surface area (Å²) in [5, 5.41) is 0. The monoisotopic (exact) mass is 177 g/mol. The van der Waals surface area contributed by atoms with Gasteiger partial charge >= 0.3 is 10.5 Å². The summed E-state index contributed by atoms with van der Waals surface area (Å²) in [6.45, 7) is 0. The molecule has 0 fully saturated rings. The van der Waals surface area contributed by atoms with Crippen LogP contribution in [0.4, 0.5) is 3.89 Å². The van der Waals surface area contributed by atoms with Gasteiger partial charge in [-0.15, -0.1) is 0 Å². The normalized spacial score (nSPS) is 11.0. The Morgan fingerprint density at radius 3 is 2.36 bits per heavy atom. The third-order valence-corrected chi connectivity index (χ3v) is 1.24. The molecule has 4 nitrogen and oxygen atoms in total. The molecule has 0 aliphatic rings. The Morgan fingerprint density at radius 2 is 1.91 bits per heavy atom. The fourth-order valence-corrected chi connectivity index (χ4v) is 0.850. The number of hydrogen-bond acceptors (Lipinski definition) is 4. The van der Waals surface area contributed by atoms with Gasteiger partial charge < -0.3 is 4.18 Å². The molecule has 1 heterocycles. The van der Waals surface area contributed by atoms with Gasteiger partial charge in [-0.05, 0) is 0 Å². The van der Waals surface area contributed by atoms with Crippen LogP contribution in [0.25, 0.3) is 0 Å². The molecule has 1 aromatic heterocycles. The maximum atomic E-state index is 11.8. The molecule has 0 amide bonds. The van der Waals surface area contributed by atoms with Gasteiger partial charge in [0.15, 0.2) is 0 Å². The Morgan fingerprint density at radius 1 is 1.36 bits per heavy atom. The summed E-state index contributed by atoms with van der Waals surface area (Å²) in [7, 11) is -4.90. The van der Waals surface area contributed by atoms with E-state index in [1.165, 1.54) is 24.5 Å². The van der Waals surface area contributed by atoms with Crippen molar-refractivity contribution in [2.24, 2.45) is 0 Å². The van der Waals surface area contributed by atoms with Gasteiger partial charge in [0, 0.05) is 24.5 Å². The highest BCUT2D eigenvalue weighted by atomic mass is 32.3. The van der Waals surface area contributed by atoms with Crippen LogP contribution in [0, 0.1) is 0 Å². The van der Waals surface area contributed by atoms with E-state index in [4.69, 9.17) is 0 Å². The molecule has 1 aromatic rings. The van der Waals surface area contributed by atoms with E-state index >= 15 is 0 Å². The zero-order valence-electron chi connectivity index (χ0n) is 5.27. The summed E-state index contributed by atoms with van der Waals surface area (Å²) < 4.78 is 35.5. The van der Waals surface area contributed by atoms with Crippen molar-refractivity contribution in [2.45, 2.75) is 0 Å². The molecule has 0 spiro atoms. The summed E-state index contributed by atoms with van der Waals surface area (Å²) >= 11 is 0. The number of pyridine rings is 1. The molecule has 0 unspecified atom stereocenters. The van der Waals surface area contributed by atoms with Gasteiger partial charge in [-0.2, -0.15) is 8.42 Å². The van der Waals surface area contributed by atoms with Crippen LogP contribution in [0.5, 0.6) is 5.75 Å². The second-order valence-corrected chi connectivity index (χ2v) is 2.61. The third kappa shape index (κ3) is 2.94. The molecular weight excluding hydrogens is 173 g/mol. The average molecular weight is 177 g/mol. The second-order valence-electron chi connectivity index (χ2n) is 1.66. The van der Waals surface area contributed by atoms with Crippen molar-refractivity contribution in [1.29, 1.82) is 0 Å². The first kappa shape index (κ1) is 7.93. The number of hydrogen-bond donors (Lipinski definition) is 0. The summed E-state index contributed by atoms with van der Waals surface area (Å²) in [6.07, 6.45) is 2.58. The van der Waals surface area contributed by atoms with Crippen LogP contribution in [0.3, 0.4) is 0 Å². The Labute approximate surface area is 63.1 Å². The summed E-state index contributed by atoms with van der Waals surface area (Å²) in [5.74, 6) is -0.0949. The zero-order chi connectivity index (χ0) is 8.32. The Balaban J connectivity index is 2.82. The topological polar surface area (TPSA) is 56.3 Å². The minimum atomic E-state index is -4.90. The van der Waals surface area contributed by atoms with Crippen molar-refractivity contribution in [3.63, 3.8) is 0 Å². The molecular formula is C5H4FNO3S. The molecule has 0 N–H and O–H groups in total. The molecule has 0 aliphatic heterocycles. The quantitative estimate of drug-likeness (QED) is 0.623. The fourth-order valence-electron chi connectivity index (χ4n) is 0.509. The van der Waals surface area contributed by atoms with Crippen LogP contribution in [-0.4, -0.2) is 13.4 Å². The number of halogens is 1. The van der Waals surface area contributed by atoms with E-state index in [-0.39, 0.29) is 5.75 Å². The van der Waals surface area contributed by atoms with Crippen molar-refractivity contribution in [1.82, 2.24) is 4.98 Å². The zero-order valence-corrected chi connectivity index (χ0v) is 6.08. The van der Waals surface area contributed by atoms with E-state index in [0.717, 1.165) is 0 Å². The first-order valence-electron chi connectivity index (χ1n) is 2.62. The lowest BCUT2D eigenvalue weighted by Crippen LogP contribution is -2.00. The van der Waals surface area contributed by atoms with Crippen molar-refractivity contribution in [3.05, 3.63) is 24.5 Å². The lowest BCUT2D eigenvalue weighted by Gasteiger charge is -1.96. The highest BCUT2D eigenvalue weighted by molar-refractivity contribution is 7.81. The molecule has 0 atom stereocenters.